The van der Waals surface area contributed by atoms with Gasteiger partial charge in [0, 0.05) is 10.7 Å². The van der Waals surface area contributed by atoms with E-state index in [9.17, 15) is 4.39 Å². The first-order valence-electron chi connectivity index (χ1n) is 4.29. The Morgan fingerprint density at radius 1 is 1.25 bits per heavy atom. The van der Waals surface area contributed by atoms with Crippen molar-refractivity contribution in [1.29, 1.82) is 10.5 Å². The van der Waals surface area contributed by atoms with Gasteiger partial charge < -0.3 is 0 Å². The summed E-state index contributed by atoms with van der Waals surface area (Å²) in [5.74, 6) is 0.171. The van der Waals surface area contributed by atoms with Gasteiger partial charge in [0.1, 0.15) is 16.6 Å². The van der Waals surface area contributed by atoms with Gasteiger partial charge in [0.05, 0.1) is 0 Å². The molecule has 0 saturated carbocycles. The van der Waals surface area contributed by atoms with Crippen LogP contribution < -0.4 is 0 Å². The van der Waals surface area contributed by atoms with Crippen LogP contribution in [0.5, 0.6) is 0 Å². The highest BCUT2D eigenvalue weighted by atomic mass is 32.2. The predicted octanol–water partition coefficient (Wildman–Crippen LogP) is 3.60. The second-order valence-electron chi connectivity index (χ2n) is 2.74. The van der Waals surface area contributed by atoms with E-state index in [2.05, 4.69) is 0 Å². The molecule has 0 amide bonds. The van der Waals surface area contributed by atoms with Crippen molar-refractivity contribution >= 4 is 29.6 Å². The Morgan fingerprint density at radius 2 is 1.94 bits per heavy atom. The average molecular weight is 250 g/mol. The highest BCUT2D eigenvalue weighted by Gasteiger charge is 1.99. The zero-order chi connectivity index (χ0) is 11.8. The minimum absolute atomic E-state index is 0.293. The van der Waals surface area contributed by atoms with E-state index in [0.717, 1.165) is 34.0 Å². The highest BCUT2D eigenvalue weighted by molar-refractivity contribution is 8.10. The topological polar surface area (TPSA) is 47.6 Å². The van der Waals surface area contributed by atoms with Gasteiger partial charge in [-0.2, -0.15) is 10.5 Å². The average Bonchev–Trinajstić information content (AvgIpc) is 2.29. The maximum Gasteiger partial charge on any atom is 0.138 e. The van der Waals surface area contributed by atoms with Gasteiger partial charge in [-0.25, -0.2) is 4.39 Å². The molecule has 0 fully saturated rings. The monoisotopic (exact) mass is 250 g/mol. The lowest BCUT2D eigenvalue weighted by Gasteiger charge is -1.98. The van der Waals surface area contributed by atoms with Crippen molar-refractivity contribution in [2.24, 2.45) is 0 Å². The van der Waals surface area contributed by atoms with Crippen molar-refractivity contribution in [2.75, 3.05) is 5.75 Å². The van der Waals surface area contributed by atoms with Crippen molar-refractivity contribution in [2.45, 2.75) is 0 Å². The van der Waals surface area contributed by atoms with E-state index in [1.54, 1.807) is 18.2 Å². The summed E-state index contributed by atoms with van der Waals surface area (Å²) < 4.78 is 12.6. The molecule has 0 radical (unpaired) electrons. The minimum atomic E-state index is -0.293. The molecule has 5 heteroatoms. The molecule has 1 aromatic rings. The van der Waals surface area contributed by atoms with Crippen molar-refractivity contribution in [3.8, 4) is 10.8 Å². The molecule has 2 nitrogen and oxygen atoms in total. The number of thioether (sulfide) groups is 2. The summed E-state index contributed by atoms with van der Waals surface area (Å²) in [7, 11) is 0. The van der Waals surface area contributed by atoms with Crippen LogP contribution in [0.15, 0.2) is 29.2 Å². The van der Waals surface area contributed by atoms with Crippen LogP contribution in [0.1, 0.15) is 5.56 Å². The summed E-state index contributed by atoms with van der Waals surface area (Å²) in [5.41, 5.74) is 0.817. The fraction of sp³-hybridized carbons (Fsp3) is 0.0909. The van der Waals surface area contributed by atoms with Gasteiger partial charge in [0.2, 0.25) is 0 Å². The molecule has 16 heavy (non-hydrogen) atoms. The molecular weight excluding hydrogens is 243 g/mol. The third-order valence-electron chi connectivity index (χ3n) is 1.65. The number of thiocyanates is 2. The smallest absolute Gasteiger partial charge is 0.138 e. The summed E-state index contributed by atoms with van der Waals surface area (Å²) in [6, 6.07) is 5.98. The van der Waals surface area contributed by atoms with Crippen LogP contribution >= 0.6 is 23.5 Å². The summed E-state index contributed by atoms with van der Waals surface area (Å²) in [5, 5.41) is 20.9. The van der Waals surface area contributed by atoms with Gasteiger partial charge in [-0.1, -0.05) is 12.1 Å². The zero-order valence-corrected chi connectivity index (χ0v) is 9.82. The summed E-state index contributed by atoms with van der Waals surface area (Å²) in [6.07, 6.45) is 1.78. The first kappa shape index (κ1) is 12.6. The molecule has 0 bridgehead atoms. The van der Waals surface area contributed by atoms with Crippen LogP contribution in [0.2, 0.25) is 0 Å². The predicted molar refractivity (Wildman–Crippen MR) is 65.7 cm³/mol. The van der Waals surface area contributed by atoms with Gasteiger partial charge in [-0.15, -0.1) is 0 Å². The molecule has 0 aromatic heterocycles. The Labute approximate surface area is 102 Å². The van der Waals surface area contributed by atoms with Crippen LogP contribution in [0.4, 0.5) is 4.39 Å². The molecule has 0 aliphatic carbocycles. The van der Waals surface area contributed by atoms with Crippen LogP contribution in [0.3, 0.4) is 0 Å². The van der Waals surface area contributed by atoms with Crippen LogP contribution in [0.25, 0.3) is 6.08 Å². The molecule has 0 atom stereocenters. The summed E-state index contributed by atoms with van der Waals surface area (Å²) in [6.45, 7) is 0. The molecule has 0 aliphatic rings. The number of nitrogens with zero attached hydrogens (tertiary/aromatic N) is 2. The Hall–Kier alpha value is -1.43. The lowest BCUT2D eigenvalue weighted by atomic mass is 10.2. The number of rotatable bonds is 4. The lowest BCUT2D eigenvalue weighted by Crippen LogP contribution is -1.81. The second kappa shape index (κ2) is 6.95. The maximum atomic E-state index is 12.6. The van der Waals surface area contributed by atoms with E-state index < -0.39 is 0 Å². The quantitative estimate of drug-likeness (QED) is 0.766. The number of benzene rings is 1. The van der Waals surface area contributed by atoms with E-state index in [0.29, 0.717) is 5.75 Å². The van der Waals surface area contributed by atoms with Gasteiger partial charge >= 0.3 is 0 Å². The van der Waals surface area contributed by atoms with E-state index in [-0.39, 0.29) is 5.82 Å². The van der Waals surface area contributed by atoms with E-state index in [1.807, 2.05) is 10.8 Å². The van der Waals surface area contributed by atoms with E-state index in [4.69, 9.17) is 10.5 Å². The maximum absolute atomic E-state index is 12.6. The van der Waals surface area contributed by atoms with Crippen LogP contribution in [0, 0.1) is 27.1 Å². The van der Waals surface area contributed by atoms with Crippen molar-refractivity contribution in [3.63, 3.8) is 0 Å². The third-order valence-corrected chi connectivity index (χ3v) is 3.04. The molecule has 0 unspecified atom stereocenters. The molecule has 1 rings (SSSR count). The van der Waals surface area contributed by atoms with Crippen LogP contribution in [-0.2, 0) is 0 Å². The SMILES string of the molecule is N#CSC/C(=C\c1ccc(F)cc1)SC#N. The number of hydrogen-bond donors (Lipinski definition) is 0. The molecule has 0 N–H and O–H groups in total. The molecule has 80 valence electrons. The Bertz CT molecular complexity index is 454. The first-order chi connectivity index (χ1) is 7.76. The first-order valence-corrected chi connectivity index (χ1v) is 6.09. The zero-order valence-electron chi connectivity index (χ0n) is 8.18. The standard InChI is InChI=1S/C11H7FN2S2/c12-10-3-1-9(2-4-10)5-11(16-8-14)6-15-7-13/h1-5H,6H2/b11-5+. The normalized spacial score (nSPS) is 10.6. The highest BCUT2D eigenvalue weighted by Crippen LogP contribution is 2.22. The largest absolute Gasteiger partial charge is 0.207 e. The van der Waals surface area contributed by atoms with E-state index >= 15 is 0 Å². The Balaban J connectivity index is 2.81. The van der Waals surface area contributed by atoms with Crippen molar-refractivity contribution < 1.29 is 4.39 Å². The summed E-state index contributed by atoms with van der Waals surface area (Å²) in [4.78, 5) is 0.778. The Morgan fingerprint density at radius 3 is 2.50 bits per heavy atom. The molecule has 0 aliphatic heterocycles. The lowest BCUT2D eigenvalue weighted by molar-refractivity contribution is 0.628. The molecule has 0 spiro atoms. The van der Waals surface area contributed by atoms with Crippen LogP contribution in [-0.4, -0.2) is 5.75 Å². The third kappa shape index (κ3) is 4.39. The molecule has 1 aromatic carbocycles. The second-order valence-corrected chi connectivity index (χ2v) is 4.41. The Kier molecular flexibility index (Phi) is 5.49. The van der Waals surface area contributed by atoms with E-state index in [1.165, 1.54) is 12.1 Å². The van der Waals surface area contributed by atoms with Gasteiger partial charge in [-0.3, -0.25) is 0 Å². The van der Waals surface area contributed by atoms with Crippen molar-refractivity contribution in [3.05, 3.63) is 40.6 Å². The number of hydrogen-bond acceptors (Lipinski definition) is 4. The minimum Gasteiger partial charge on any atom is -0.207 e. The van der Waals surface area contributed by atoms with Crippen molar-refractivity contribution in [1.82, 2.24) is 0 Å². The molecular formula is C11H7FN2S2. The fourth-order valence-electron chi connectivity index (χ4n) is 1.01. The number of nitriles is 2. The summed E-state index contributed by atoms with van der Waals surface area (Å²) >= 11 is 2.09. The molecule has 0 saturated heterocycles. The molecule has 0 heterocycles. The number of halogens is 1. The van der Waals surface area contributed by atoms with Gasteiger partial charge in [-0.05, 0) is 47.3 Å². The van der Waals surface area contributed by atoms with Gasteiger partial charge in [0.15, 0.2) is 0 Å². The van der Waals surface area contributed by atoms with Gasteiger partial charge in [0.25, 0.3) is 0 Å². The fourth-order valence-corrected chi connectivity index (χ4v) is 2.02.